The lowest BCUT2D eigenvalue weighted by atomic mass is 10.3. The molecule has 8 heteroatoms. The zero-order valence-electron chi connectivity index (χ0n) is 11.8. The molecule has 1 N–H and O–H groups in total. The molecule has 21 heavy (non-hydrogen) atoms. The Balaban J connectivity index is 2.20. The zero-order chi connectivity index (χ0) is 15.5. The molecule has 0 bridgehead atoms. The first-order valence-corrected chi connectivity index (χ1v) is 8.45. The second-order valence-electron chi connectivity index (χ2n) is 5.18. The molecule has 0 spiro atoms. The average molecular weight is 315 g/mol. The quantitative estimate of drug-likeness (QED) is 0.593. The molecule has 0 aliphatic carbocycles. The van der Waals surface area contributed by atoms with Crippen LogP contribution in [-0.4, -0.2) is 51.4 Å². The topological polar surface area (TPSA) is 91.0 Å². The van der Waals surface area contributed by atoms with Crippen molar-refractivity contribution in [2.45, 2.75) is 17.9 Å². The highest BCUT2D eigenvalue weighted by atomic mass is 32.2. The smallest absolute Gasteiger partial charge is 0.287 e. The van der Waals surface area contributed by atoms with Crippen molar-refractivity contribution in [1.82, 2.24) is 0 Å². The Hall–Kier alpha value is -1.51. The number of para-hydroxylation sites is 1. The molecule has 1 fully saturated rings. The van der Waals surface area contributed by atoms with Crippen molar-refractivity contribution in [1.29, 1.82) is 0 Å². The largest absolute Gasteiger partial charge is 0.370 e. The van der Waals surface area contributed by atoms with Crippen LogP contribution in [0.25, 0.3) is 0 Å². The maximum absolute atomic E-state index is 12.5. The van der Waals surface area contributed by atoms with Crippen LogP contribution in [-0.2, 0) is 14.6 Å². The second-order valence-corrected chi connectivity index (χ2v) is 7.18. The summed E-state index contributed by atoms with van der Waals surface area (Å²) in [6.07, 6.45) is 0. The van der Waals surface area contributed by atoms with Gasteiger partial charge in [-0.05, 0) is 13.0 Å². The van der Waals surface area contributed by atoms with Gasteiger partial charge in [-0.25, -0.2) is 8.42 Å². The number of nitro groups is 1. The van der Waals surface area contributed by atoms with Crippen LogP contribution in [0, 0.1) is 10.1 Å². The van der Waals surface area contributed by atoms with Crippen molar-refractivity contribution in [2.24, 2.45) is 0 Å². The SMILES string of the molecule is C[C@@H](CS(=O)(=O)c1ccccc1[N+](=O)[O-])[NH+]1CCOCC1. The molecule has 116 valence electrons. The molecule has 1 aliphatic heterocycles. The number of hydrogen-bond acceptors (Lipinski definition) is 5. The van der Waals surface area contributed by atoms with Crippen LogP contribution in [0.4, 0.5) is 5.69 Å². The molecular formula is C13H19N2O5S+. The van der Waals surface area contributed by atoms with Crippen LogP contribution in [0.3, 0.4) is 0 Å². The van der Waals surface area contributed by atoms with E-state index in [1.807, 2.05) is 6.92 Å². The van der Waals surface area contributed by atoms with E-state index >= 15 is 0 Å². The lowest BCUT2D eigenvalue weighted by molar-refractivity contribution is -0.928. The Morgan fingerprint density at radius 2 is 1.95 bits per heavy atom. The maximum atomic E-state index is 12.5. The molecule has 0 aromatic heterocycles. The zero-order valence-corrected chi connectivity index (χ0v) is 12.6. The highest BCUT2D eigenvalue weighted by Gasteiger charge is 2.31. The van der Waals surface area contributed by atoms with Crippen molar-refractivity contribution < 1.29 is 23.0 Å². The van der Waals surface area contributed by atoms with Crippen molar-refractivity contribution in [3.8, 4) is 0 Å². The summed E-state index contributed by atoms with van der Waals surface area (Å²) in [5.74, 6) is -0.104. The van der Waals surface area contributed by atoms with Crippen LogP contribution < -0.4 is 4.90 Å². The van der Waals surface area contributed by atoms with E-state index in [2.05, 4.69) is 0 Å². The number of quaternary nitrogens is 1. The van der Waals surface area contributed by atoms with Gasteiger partial charge in [0.15, 0.2) is 9.84 Å². The van der Waals surface area contributed by atoms with Crippen molar-refractivity contribution in [3.63, 3.8) is 0 Å². The molecule has 1 aromatic rings. The first kappa shape index (κ1) is 15.9. The fraction of sp³-hybridized carbons (Fsp3) is 0.538. The number of sulfone groups is 1. The number of nitrogens with zero attached hydrogens (tertiary/aromatic N) is 1. The molecule has 2 rings (SSSR count). The minimum absolute atomic E-state index is 0.104. The number of benzene rings is 1. The fourth-order valence-electron chi connectivity index (χ4n) is 2.53. The highest BCUT2D eigenvalue weighted by molar-refractivity contribution is 7.91. The summed E-state index contributed by atoms with van der Waals surface area (Å²) >= 11 is 0. The van der Waals surface area contributed by atoms with Gasteiger partial charge in [-0.2, -0.15) is 0 Å². The summed E-state index contributed by atoms with van der Waals surface area (Å²) in [5.41, 5.74) is -0.360. The third-order valence-electron chi connectivity index (χ3n) is 3.70. The van der Waals surface area contributed by atoms with Crippen LogP contribution >= 0.6 is 0 Å². The summed E-state index contributed by atoms with van der Waals surface area (Å²) in [5, 5.41) is 11.0. The highest BCUT2D eigenvalue weighted by Crippen LogP contribution is 2.24. The number of nitrogens with one attached hydrogen (secondary N) is 1. The monoisotopic (exact) mass is 315 g/mol. The molecule has 1 heterocycles. The van der Waals surface area contributed by atoms with Crippen molar-refractivity contribution >= 4 is 15.5 Å². The lowest BCUT2D eigenvalue weighted by Gasteiger charge is -2.29. The first-order valence-electron chi connectivity index (χ1n) is 6.80. The van der Waals surface area contributed by atoms with E-state index in [4.69, 9.17) is 4.74 Å². The molecule has 7 nitrogen and oxygen atoms in total. The predicted molar refractivity (Wildman–Crippen MR) is 76.1 cm³/mol. The molecule has 0 unspecified atom stereocenters. The van der Waals surface area contributed by atoms with E-state index in [-0.39, 0.29) is 22.4 Å². The third-order valence-corrected chi connectivity index (χ3v) is 5.65. The van der Waals surface area contributed by atoms with E-state index in [1.54, 1.807) is 0 Å². The van der Waals surface area contributed by atoms with Gasteiger partial charge in [-0.3, -0.25) is 10.1 Å². The van der Waals surface area contributed by atoms with Crippen LogP contribution in [0.5, 0.6) is 0 Å². The third kappa shape index (κ3) is 3.78. The Labute approximate surface area is 123 Å². The Bertz CT molecular complexity index is 611. The molecule has 0 amide bonds. The van der Waals surface area contributed by atoms with E-state index in [9.17, 15) is 18.5 Å². The van der Waals surface area contributed by atoms with Gasteiger partial charge in [0.25, 0.3) is 5.69 Å². The number of morpholine rings is 1. The molecular weight excluding hydrogens is 296 g/mol. The second kappa shape index (κ2) is 6.50. The number of rotatable bonds is 5. The number of nitro benzene ring substituents is 1. The Morgan fingerprint density at radius 3 is 2.57 bits per heavy atom. The molecule has 1 atom stereocenters. The van der Waals surface area contributed by atoms with E-state index in [1.165, 1.54) is 24.3 Å². The summed E-state index contributed by atoms with van der Waals surface area (Å²) in [6, 6.07) is 5.37. The standard InChI is InChI=1S/C13H18N2O5S/c1-11(14-6-8-20-9-7-14)10-21(18,19)13-5-3-2-4-12(13)15(16)17/h2-5,11H,6-10H2,1H3/p+1/t11-/m0/s1. The van der Waals surface area contributed by atoms with E-state index < -0.39 is 14.8 Å². The molecule has 1 aliphatic rings. The van der Waals surface area contributed by atoms with Crippen LogP contribution in [0.15, 0.2) is 29.2 Å². The summed E-state index contributed by atoms with van der Waals surface area (Å²) in [7, 11) is -3.69. The first-order chi connectivity index (χ1) is 9.92. The van der Waals surface area contributed by atoms with E-state index in [0.717, 1.165) is 18.0 Å². The van der Waals surface area contributed by atoms with Gasteiger partial charge in [0.05, 0.1) is 24.2 Å². The number of hydrogen-bond donors (Lipinski definition) is 1. The minimum Gasteiger partial charge on any atom is -0.370 e. The van der Waals surface area contributed by atoms with Gasteiger partial charge in [0.2, 0.25) is 0 Å². The molecule has 0 saturated carbocycles. The van der Waals surface area contributed by atoms with E-state index in [0.29, 0.717) is 13.2 Å². The van der Waals surface area contributed by atoms with Gasteiger partial charge in [-0.1, -0.05) is 12.1 Å². The molecule has 0 radical (unpaired) electrons. The van der Waals surface area contributed by atoms with Crippen LogP contribution in [0.1, 0.15) is 6.92 Å². The Kier molecular flexibility index (Phi) is 4.92. The van der Waals surface area contributed by atoms with Gasteiger partial charge in [0.1, 0.15) is 23.7 Å². The van der Waals surface area contributed by atoms with Crippen molar-refractivity contribution in [3.05, 3.63) is 34.4 Å². The molecule has 1 aromatic carbocycles. The van der Waals surface area contributed by atoms with Crippen LogP contribution in [0.2, 0.25) is 0 Å². The maximum Gasteiger partial charge on any atom is 0.287 e. The molecule has 1 saturated heterocycles. The summed E-state index contributed by atoms with van der Waals surface area (Å²) in [6.45, 7) is 4.60. The minimum atomic E-state index is -3.69. The Morgan fingerprint density at radius 1 is 1.33 bits per heavy atom. The van der Waals surface area contributed by atoms with Gasteiger partial charge < -0.3 is 9.64 Å². The average Bonchev–Trinajstić information content (AvgIpc) is 2.47. The van der Waals surface area contributed by atoms with Gasteiger partial charge >= 0.3 is 0 Å². The summed E-state index contributed by atoms with van der Waals surface area (Å²) in [4.78, 5) is 11.3. The lowest BCUT2D eigenvalue weighted by Crippen LogP contribution is -3.17. The normalized spacial score (nSPS) is 18.3. The van der Waals surface area contributed by atoms with Crippen molar-refractivity contribution in [2.75, 3.05) is 32.1 Å². The number of ether oxygens (including phenoxy) is 1. The summed E-state index contributed by atoms with van der Waals surface area (Å²) < 4.78 is 30.2. The fourth-order valence-corrected chi connectivity index (χ4v) is 4.35. The van der Waals surface area contributed by atoms with Gasteiger partial charge in [-0.15, -0.1) is 0 Å². The van der Waals surface area contributed by atoms with Gasteiger partial charge in [0, 0.05) is 6.07 Å². The predicted octanol–water partition coefficient (Wildman–Crippen LogP) is -0.328.